The minimum atomic E-state index is -2.46. The molecular formula is C12H17N3O6. The highest BCUT2D eigenvalue weighted by Crippen LogP contribution is 2.40. The van der Waals surface area contributed by atoms with Gasteiger partial charge in [0.2, 0.25) is 0 Å². The van der Waals surface area contributed by atoms with Crippen molar-refractivity contribution >= 4 is 0 Å². The van der Waals surface area contributed by atoms with Gasteiger partial charge in [0.15, 0.2) is 6.20 Å². The topological polar surface area (TPSA) is 151 Å². The Morgan fingerprint density at radius 1 is 1.62 bits per heavy atom. The number of aliphatic hydroxyl groups is 3. The second kappa shape index (κ2) is 5.82. The molecule has 21 heavy (non-hydrogen) atoms. The number of hydrogen-bond acceptors (Lipinski definition) is 7. The van der Waals surface area contributed by atoms with Crippen LogP contribution in [0.5, 0.6) is 0 Å². The van der Waals surface area contributed by atoms with Crippen molar-refractivity contribution in [3.05, 3.63) is 45.4 Å². The Hall–Kier alpha value is -1.94. The molecule has 4 atom stereocenters. The summed E-state index contributed by atoms with van der Waals surface area (Å²) in [7, 11) is 0. The average Bonchev–Trinajstić information content (AvgIpc) is 2.67. The molecule has 0 saturated carbocycles. The van der Waals surface area contributed by atoms with E-state index >= 15 is 0 Å². The first-order valence-corrected chi connectivity index (χ1v) is 6.18. The lowest BCUT2D eigenvalue weighted by Crippen LogP contribution is -2.49. The molecule has 1 aromatic rings. The number of aromatic nitrogens is 2. The number of aliphatic hydroxyl groups excluding tert-OH is 2. The van der Waals surface area contributed by atoms with Crippen LogP contribution < -0.4 is 17.0 Å². The van der Waals surface area contributed by atoms with Gasteiger partial charge in [-0.2, -0.15) is 0 Å². The molecule has 1 saturated heterocycles. The Morgan fingerprint density at radius 3 is 2.90 bits per heavy atom. The summed E-state index contributed by atoms with van der Waals surface area (Å²) in [6.07, 6.45) is -2.34. The van der Waals surface area contributed by atoms with E-state index in [1.807, 2.05) is 4.98 Å². The smallest absolute Gasteiger partial charge is 0.330 e. The van der Waals surface area contributed by atoms with Gasteiger partial charge in [-0.3, -0.25) is 14.3 Å². The van der Waals surface area contributed by atoms with Gasteiger partial charge in [-0.05, 0) is 6.20 Å². The largest absolute Gasteiger partial charge is 0.405 e. The molecule has 0 amide bonds. The number of aromatic amines is 1. The van der Waals surface area contributed by atoms with E-state index in [9.17, 15) is 24.9 Å². The Kier molecular flexibility index (Phi) is 3.88. The first-order chi connectivity index (χ1) is 10.3. The van der Waals surface area contributed by atoms with Crippen molar-refractivity contribution in [1.82, 2.24) is 9.55 Å². The summed E-state index contributed by atoms with van der Waals surface area (Å²) in [6.45, 7) is -0.672. The van der Waals surface area contributed by atoms with Crippen LogP contribution >= 0.6 is 0 Å². The molecule has 9 heteroatoms. The van der Waals surface area contributed by atoms with E-state index in [-0.39, 0.29) is 6.42 Å². The summed E-state index contributed by atoms with van der Waals surface area (Å²) in [5.74, 6) is 0. The van der Waals surface area contributed by atoms with E-state index in [2.05, 4.69) is 0 Å². The number of nitrogens with two attached hydrogens (primary N) is 1. The average molecular weight is 300 g/mol. The zero-order valence-corrected chi connectivity index (χ0v) is 11.0. The predicted molar refractivity (Wildman–Crippen MR) is 71.2 cm³/mol. The third-order valence-corrected chi connectivity index (χ3v) is 3.26. The molecule has 0 bridgehead atoms. The van der Waals surface area contributed by atoms with Crippen LogP contribution in [0.2, 0.25) is 0 Å². The maximum absolute atomic E-state index is 11.9. The monoisotopic (exact) mass is 300 g/mol. The van der Waals surface area contributed by atoms with Crippen molar-refractivity contribution in [2.24, 2.45) is 5.73 Å². The molecule has 1 aromatic heterocycles. The maximum atomic E-state index is 11.9. The number of nitrogens with one attached hydrogen (secondary N) is 1. The van der Waals surface area contributed by atoms with E-state index in [0.717, 1.165) is 18.5 Å². The summed E-state index contributed by atoms with van der Waals surface area (Å²) in [5.41, 5.74) is 1.26. The molecule has 6 N–H and O–H groups in total. The molecule has 9 nitrogen and oxygen atoms in total. The fraction of sp³-hybridized carbons (Fsp3) is 0.500. The molecule has 0 unspecified atom stereocenters. The fourth-order valence-corrected chi connectivity index (χ4v) is 2.18. The Morgan fingerprint density at radius 2 is 2.33 bits per heavy atom. The summed E-state index contributed by atoms with van der Waals surface area (Å²) >= 11 is 0. The zero-order chi connectivity index (χ0) is 16.5. The van der Waals surface area contributed by atoms with Gasteiger partial charge in [-0.15, -0.1) is 0 Å². The standard InChI is InChI=1S/C12H17N3O6/c13-4-1-3-12(20)9(18)7(6-16)21-10(12)15-5-2-8(17)14-11(15)19/h1-2,4-5,7,9-10,16,18,20H,3,6,13H2,(H,14,17,19)/t7-,9-,10-,12-/m1/s1/i10D. The third kappa shape index (κ3) is 2.63. The van der Waals surface area contributed by atoms with Gasteiger partial charge in [0.05, 0.1) is 7.98 Å². The van der Waals surface area contributed by atoms with Crippen molar-refractivity contribution in [3.63, 3.8) is 0 Å². The highest BCUT2D eigenvalue weighted by molar-refractivity contribution is 5.06. The van der Waals surface area contributed by atoms with Crippen LogP contribution in [-0.2, 0) is 4.74 Å². The molecule has 0 aromatic carbocycles. The molecule has 1 aliphatic rings. The van der Waals surface area contributed by atoms with Gasteiger partial charge in [0, 0.05) is 18.7 Å². The van der Waals surface area contributed by atoms with E-state index in [1.54, 1.807) is 0 Å². The lowest BCUT2D eigenvalue weighted by molar-refractivity contribution is -0.108. The first kappa shape index (κ1) is 14.0. The lowest BCUT2D eigenvalue weighted by Gasteiger charge is -2.30. The SMILES string of the molecule is [2H][C@@]1(n2ccc(=O)[nH]c2=O)O[C@H](CO)[C@@H](O)[C@]1(O)CC=CN. The number of hydrogen-bond donors (Lipinski definition) is 5. The Labute approximate surface area is 120 Å². The lowest BCUT2D eigenvalue weighted by atomic mass is 9.90. The normalized spacial score (nSPS) is 37.0. The van der Waals surface area contributed by atoms with Gasteiger partial charge in [0.1, 0.15) is 17.8 Å². The third-order valence-electron chi connectivity index (χ3n) is 3.26. The van der Waals surface area contributed by atoms with Crippen molar-refractivity contribution in [1.29, 1.82) is 0 Å². The molecule has 0 radical (unpaired) electrons. The molecule has 0 aliphatic carbocycles. The molecule has 1 aliphatic heterocycles. The molecule has 116 valence electrons. The zero-order valence-electron chi connectivity index (χ0n) is 12.0. The van der Waals surface area contributed by atoms with Crippen molar-refractivity contribution < 1.29 is 21.4 Å². The highest BCUT2D eigenvalue weighted by Gasteiger charge is 2.55. The number of rotatable bonds is 4. The second-order valence-corrected chi connectivity index (χ2v) is 4.63. The van der Waals surface area contributed by atoms with Crippen LogP contribution in [0.4, 0.5) is 0 Å². The van der Waals surface area contributed by atoms with E-state index in [0.29, 0.717) is 4.57 Å². The van der Waals surface area contributed by atoms with Crippen LogP contribution in [0, 0.1) is 0 Å². The summed E-state index contributed by atoms with van der Waals surface area (Å²) in [6, 6.07) is 0.971. The van der Waals surface area contributed by atoms with Crippen LogP contribution in [0.15, 0.2) is 34.1 Å². The minimum absolute atomic E-state index is 0.309. The van der Waals surface area contributed by atoms with Crippen LogP contribution in [0.3, 0.4) is 0 Å². The van der Waals surface area contributed by atoms with E-state index in [1.165, 1.54) is 6.08 Å². The number of H-pyrrole nitrogens is 1. The summed E-state index contributed by atoms with van der Waals surface area (Å²) in [5, 5.41) is 30.1. The number of ether oxygens (including phenoxy) is 1. The Balaban J connectivity index is 2.61. The van der Waals surface area contributed by atoms with Gasteiger partial charge in [-0.1, -0.05) is 6.08 Å². The summed E-state index contributed by atoms with van der Waals surface area (Å²) in [4.78, 5) is 25.0. The molecular weight excluding hydrogens is 282 g/mol. The minimum Gasteiger partial charge on any atom is -0.405 e. The van der Waals surface area contributed by atoms with Gasteiger partial charge in [0.25, 0.3) is 5.56 Å². The quantitative estimate of drug-likeness (QED) is 0.408. The molecule has 1 fully saturated rings. The highest BCUT2D eigenvalue weighted by atomic mass is 16.6. The summed E-state index contributed by atoms with van der Waals surface area (Å²) < 4.78 is 14.2. The van der Waals surface area contributed by atoms with Crippen molar-refractivity contribution in [2.75, 3.05) is 6.61 Å². The van der Waals surface area contributed by atoms with E-state index in [4.69, 9.17) is 11.8 Å². The Bertz CT molecular complexity index is 688. The van der Waals surface area contributed by atoms with Crippen LogP contribution in [0.25, 0.3) is 0 Å². The molecule has 0 spiro atoms. The first-order valence-electron chi connectivity index (χ1n) is 6.68. The van der Waals surface area contributed by atoms with Gasteiger partial charge >= 0.3 is 5.69 Å². The number of nitrogens with zero attached hydrogens (tertiary/aromatic N) is 1. The molecule has 2 heterocycles. The second-order valence-electron chi connectivity index (χ2n) is 4.63. The maximum Gasteiger partial charge on any atom is 0.330 e. The van der Waals surface area contributed by atoms with Gasteiger partial charge < -0.3 is 25.8 Å². The predicted octanol–water partition coefficient (Wildman–Crippen LogP) is -2.62. The fourth-order valence-electron chi connectivity index (χ4n) is 2.18. The van der Waals surface area contributed by atoms with Crippen LogP contribution in [-0.4, -0.2) is 49.3 Å². The van der Waals surface area contributed by atoms with Crippen molar-refractivity contribution in [3.8, 4) is 0 Å². The van der Waals surface area contributed by atoms with Crippen LogP contribution in [0.1, 0.15) is 14.0 Å². The molecule has 2 rings (SSSR count). The van der Waals surface area contributed by atoms with Crippen molar-refractivity contribution in [2.45, 2.75) is 30.4 Å². The van der Waals surface area contributed by atoms with E-state index < -0.39 is 41.9 Å². The van der Waals surface area contributed by atoms with Gasteiger partial charge in [-0.25, -0.2) is 4.79 Å².